The molecule has 1 aliphatic rings. The Morgan fingerprint density at radius 2 is 1.79 bits per heavy atom. The third kappa shape index (κ3) is 4.62. The molecule has 7 nitrogen and oxygen atoms in total. The van der Waals surface area contributed by atoms with Crippen LogP contribution in [0.25, 0.3) is 33.6 Å². The van der Waals surface area contributed by atoms with Gasteiger partial charge in [0.15, 0.2) is 17.7 Å². The molecule has 1 fully saturated rings. The predicted molar refractivity (Wildman–Crippen MR) is 125 cm³/mol. The number of oxazole rings is 1. The molecule has 0 unspecified atom stereocenters. The van der Waals surface area contributed by atoms with E-state index in [9.17, 15) is 4.79 Å². The third-order valence-electron chi connectivity index (χ3n) is 5.87. The summed E-state index contributed by atoms with van der Waals surface area (Å²) in [5, 5.41) is 1.03. The van der Waals surface area contributed by atoms with Gasteiger partial charge in [0.1, 0.15) is 11.4 Å². The monoisotopic (exact) mass is 445 g/mol. The molecule has 170 valence electrons. The Hall–Kier alpha value is -3.61. The number of furan rings is 1. The second kappa shape index (κ2) is 8.39. The van der Waals surface area contributed by atoms with Gasteiger partial charge in [0.05, 0.1) is 18.1 Å². The Morgan fingerprint density at radius 1 is 1.06 bits per heavy atom. The molecule has 0 atom stereocenters. The zero-order valence-corrected chi connectivity index (χ0v) is 19.1. The van der Waals surface area contributed by atoms with E-state index in [0.29, 0.717) is 13.1 Å². The van der Waals surface area contributed by atoms with E-state index in [-0.39, 0.29) is 12.0 Å². The topological polar surface area (TPSA) is 81.6 Å². The molecule has 1 aromatic carbocycles. The number of ether oxygens (including phenoxy) is 1. The highest BCUT2D eigenvalue weighted by Gasteiger charge is 2.29. The van der Waals surface area contributed by atoms with E-state index in [0.717, 1.165) is 52.2 Å². The molecule has 33 heavy (non-hydrogen) atoms. The summed E-state index contributed by atoms with van der Waals surface area (Å²) in [6, 6.07) is 12.2. The van der Waals surface area contributed by atoms with Crippen LogP contribution in [0.2, 0.25) is 0 Å². The molecule has 0 aliphatic carbocycles. The van der Waals surface area contributed by atoms with E-state index in [1.54, 1.807) is 17.3 Å². The highest BCUT2D eigenvalue weighted by Crippen LogP contribution is 2.34. The molecular formula is C26H27N3O4. The van der Waals surface area contributed by atoms with E-state index in [1.807, 2.05) is 45.0 Å². The molecular weight excluding hydrogens is 418 g/mol. The predicted octanol–water partition coefficient (Wildman–Crippen LogP) is 6.26. The van der Waals surface area contributed by atoms with Crippen LogP contribution in [0, 0.1) is 0 Å². The van der Waals surface area contributed by atoms with Crippen molar-refractivity contribution in [3.05, 3.63) is 60.9 Å². The number of hydrogen-bond donors (Lipinski definition) is 0. The third-order valence-corrected chi connectivity index (χ3v) is 5.87. The number of nitrogens with zero attached hydrogens (tertiary/aromatic N) is 3. The van der Waals surface area contributed by atoms with Crippen LogP contribution >= 0.6 is 0 Å². The van der Waals surface area contributed by atoms with Gasteiger partial charge in [-0.25, -0.2) is 9.78 Å². The molecule has 7 heteroatoms. The molecule has 0 N–H and O–H groups in total. The van der Waals surface area contributed by atoms with E-state index in [1.165, 1.54) is 6.39 Å². The minimum absolute atomic E-state index is 0.242. The quantitative estimate of drug-likeness (QED) is 0.370. The zero-order chi connectivity index (χ0) is 23.0. The first-order valence-electron chi connectivity index (χ1n) is 11.2. The maximum absolute atomic E-state index is 12.3. The van der Waals surface area contributed by atoms with Crippen molar-refractivity contribution < 1.29 is 18.4 Å². The summed E-state index contributed by atoms with van der Waals surface area (Å²) in [6.07, 6.45) is 6.37. The maximum Gasteiger partial charge on any atom is 0.410 e. The highest BCUT2D eigenvalue weighted by molar-refractivity contribution is 5.82. The smallest absolute Gasteiger partial charge is 0.410 e. The van der Waals surface area contributed by atoms with Gasteiger partial charge in [-0.2, -0.15) is 0 Å². The molecule has 1 saturated heterocycles. The van der Waals surface area contributed by atoms with Crippen molar-refractivity contribution in [3.8, 4) is 22.6 Å². The number of carbonyl (C=O) groups excluding carboxylic acids is 1. The average Bonchev–Trinajstić information content (AvgIpc) is 3.48. The summed E-state index contributed by atoms with van der Waals surface area (Å²) in [5.74, 6) is 1.97. The number of likely N-dealkylation sites (tertiary alicyclic amines) is 1. The van der Waals surface area contributed by atoms with Gasteiger partial charge in [0.25, 0.3) is 0 Å². The molecule has 1 aliphatic heterocycles. The Bertz CT molecular complexity index is 1250. The molecule has 0 bridgehead atoms. The minimum atomic E-state index is -0.478. The Kier molecular flexibility index (Phi) is 5.40. The SMILES string of the molecule is CC(C)(C)OC(=O)N1CCC(c2cc3cc(-c4ccc(-c5cnco5)cc4)ncc3o2)CC1. The first kappa shape index (κ1) is 21.2. The summed E-state index contributed by atoms with van der Waals surface area (Å²) in [4.78, 5) is 22.7. The van der Waals surface area contributed by atoms with Crippen LogP contribution in [-0.2, 0) is 4.74 Å². The van der Waals surface area contributed by atoms with E-state index < -0.39 is 5.60 Å². The van der Waals surface area contributed by atoms with Crippen molar-refractivity contribution in [2.24, 2.45) is 0 Å². The van der Waals surface area contributed by atoms with Crippen LogP contribution in [0.4, 0.5) is 4.79 Å². The lowest BCUT2D eigenvalue weighted by Gasteiger charge is -2.32. The summed E-state index contributed by atoms with van der Waals surface area (Å²) in [6.45, 7) is 6.99. The van der Waals surface area contributed by atoms with Gasteiger partial charge in [-0.15, -0.1) is 0 Å². The lowest BCUT2D eigenvalue weighted by atomic mass is 9.94. The first-order chi connectivity index (χ1) is 15.9. The second-order valence-corrected chi connectivity index (χ2v) is 9.44. The van der Waals surface area contributed by atoms with E-state index >= 15 is 0 Å². The molecule has 5 rings (SSSR count). The van der Waals surface area contributed by atoms with Crippen LogP contribution in [0.3, 0.4) is 0 Å². The number of pyridine rings is 1. The van der Waals surface area contributed by atoms with Crippen molar-refractivity contribution in [1.82, 2.24) is 14.9 Å². The summed E-state index contributed by atoms with van der Waals surface area (Å²) in [7, 11) is 0. The standard InChI is InChI=1S/C26H27N3O4/c1-26(2,3)33-25(30)29-10-8-19(9-11-29)22-13-20-12-21(28-15-24(20)32-22)17-4-6-18(7-5-17)23-14-27-16-31-23/h4-7,12-16,19H,8-11H2,1-3H3. The second-order valence-electron chi connectivity index (χ2n) is 9.44. The average molecular weight is 446 g/mol. The number of carbonyl (C=O) groups is 1. The number of aromatic nitrogens is 2. The van der Waals surface area contributed by atoms with Crippen LogP contribution in [0.15, 0.2) is 64.0 Å². The number of rotatable bonds is 3. The first-order valence-corrected chi connectivity index (χ1v) is 11.2. The molecule has 4 aromatic rings. The zero-order valence-electron chi connectivity index (χ0n) is 19.1. The fraction of sp³-hybridized carbons (Fsp3) is 0.346. The van der Waals surface area contributed by atoms with Gasteiger partial charge in [0, 0.05) is 35.5 Å². The molecule has 4 heterocycles. The van der Waals surface area contributed by atoms with Gasteiger partial charge in [-0.3, -0.25) is 4.98 Å². The molecule has 0 saturated carbocycles. The van der Waals surface area contributed by atoms with Crippen molar-refractivity contribution in [2.45, 2.75) is 45.1 Å². The number of amides is 1. The minimum Gasteiger partial charge on any atom is -0.459 e. The fourth-order valence-corrected chi connectivity index (χ4v) is 4.16. The van der Waals surface area contributed by atoms with Crippen molar-refractivity contribution in [2.75, 3.05) is 13.1 Å². The van der Waals surface area contributed by atoms with Gasteiger partial charge in [0.2, 0.25) is 0 Å². The fourth-order valence-electron chi connectivity index (χ4n) is 4.16. The highest BCUT2D eigenvalue weighted by atomic mass is 16.6. The normalized spacial score (nSPS) is 15.2. The van der Waals surface area contributed by atoms with Gasteiger partial charge < -0.3 is 18.5 Å². The van der Waals surface area contributed by atoms with Crippen molar-refractivity contribution in [3.63, 3.8) is 0 Å². The Balaban J connectivity index is 1.29. The van der Waals surface area contributed by atoms with Crippen molar-refractivity contribution in [1.29, 1.82) is 0 Å². The lowest BCUT2D eigenvalue weighted by Crippen LogP contribution is -2.41. The van der Waals surface area contributed by atoms with Gasteiger partial charge in [-0.1, -0.05) is 24.3 Å². The lowest BCUT2D eigenvalue weighted by molar-refractivity contribution is 0.0200. The van der Waals surface area contributed by atoms with E-state index in [2.05, 4.69) is 22.1 Å². The summed E-state index contributed by atoms with van der Waals surface area (Å²) >= 11 is 0. The summed E-state index contributed by atoms with van der Waals surface area (Å²) in [5.41, 5.74) is 3.18. The number of piperidine rings is 1. The van der Waals surface area contributed by atoms with Crippen molar-refractivity contribution >= 4 is 17.1 Å². The van der Waals surface area contributed by atoms with Crippen LogP contribution in [0.5, 0.6) is 0 Å². The molecule has 0 radical (unpaired) electrons. The Morgan fingerprint density at radius 3 is 2.45 bits per heavy atom. The van der Waals surface area contributed by atoms with Gasteiger partial charge in [-0.05, 0) is 45.7 Å². The molecule has 1 amide bonds. The van der Waals surface area contributed by atoms with Crippen LogP contribution in [0.1, 0.15) is 45.3 Å². The van der Waals surface area contributed by atoms with Crippen LogP contribution in [-0.4, -0.2) is 39.7 Å². The van der Waals surface area contributed by atoms with Gasteiger partial charge >= 0.3 is 6.09 Å². The number of benzene rings is 1. The molecule has 0 spiro atoms. The summed E-state index contributed by atoms with van der Waals surface area (Å²) < 4.78 is 17.0. The van der Waals surface area contributed by atoms with Crippen LogP contribution < -0.4 is 0 Å². The Labute approximate surface area is 192 Å². The number of fused-ring (bicyclic) bond motifs is 1. The van der Waals surface area contributed by atoms with E-state index in [4.69, 9.17) is 13.6 Å². The molecule has 3 aromatic heterocycles. The number of hydrogen-bond acceptors (Lipinski definition) is 6. The maximum atomic E-state index is 12.3. The largest absolute Gasteiger partial charge is 0.459 e.